The van der Waals surface area contributed by atoms with Crippen molar-refractivity contribution in [1.29, 1.82) is 0 Å². The van der Waals surface area contributed by atoms with E-state index in [1.165, 1.54) is 16.7 Å². The highest BCUT2D eigenvalue weighted by atomic mass is 16.6. The molecule has 116 valence electrons. The molecule has 1 heterocycles. The maximum atomic E-state index is 5.89. The van der Waals surface area contributed by atoms with E-state index in [2.05, 4.69) is 51.1 Å². The Labute approximate surface area is 133 Å². The first kappa shape index (κ1) is 15.1. The number of hydrogen-bond donors (Lipinski definition) is 0. The molecule has 3 rings (SSSR count). The SMILES string of the molecule is Cc1cc(OCc2ccccc2)ccc1CC(C)C1OC1C. The van der Waals surface area contributed by atoms with Crippen molar-refractivity contribution in [3.63, 3.8) is 0 Å². The van der Waals surface area contributed by atoms with Gasteiger partial charge in [0.05, 0.1) is 12.2 Å². The average Bonchev–Trinajstić information content (AvgIpc) is 3.26. The molecule has 1 fully saturated rings. The molecule has 0 radical (unpaired) electrons. The topological polar surface area (TPSA) is 21.8 Å². The molecule has 2 nitrogen and oxygen atoms in total. The molecule has 0 amide bonds. The molecule has 0 aromatic heterocycles. The Morgan fingerprint density at radius 3 is 2.50 bits per heavy atom. The summed E-state index contributed by atoms with van der Waals surface area (Å²) in [5.74, 6) is 1.51. The second kappa shape index (κ2) is 6.53. The quantitative estimate of drug-likeness (QED) is 0.730. The highest BCUT2D eigenvalue weighted by molar-refractivity contribution is 5.35. The summed E-state index contributed by atoms with van der Waals surface area (Å²) < 4.78 is 11.5. The molecule has 22 heavy (non-hydrogen) atoms. The fraction of sp³-hybridized carbons (Fsp3) is 0.400. The predicted molar refractivity (Wildman–Crippen MR) is 89.2 cm³/mol. The average molecular weight is 296 g/mol. The molecule has 2 aromatic carbocycles. The number of rotatable bonds is 6. The van der Waals surface area contributed by atoms with Crippen LogP contribution in [0.4, 0.5) is 0 Å². The van der Waals surface area contributed by atoms with Gasteiger partial charge in [0.15, 0.2) is 0 Å². The Bertz CT molecular complexity index is 621. The maximum Gasteiger partial charge on any atom is 0.120 e. The normalized spacial score (nSPS) is 21.4. The number of aryl methyl sites for hydroxylation is 1. The van der Waals surface area contributed by atoms with E-state index >= 15 is 0 Å². The molecule has 0 saturated carbocycles. The first-order valence-electron chi connectivity index (χ1n) is 8.05. The van der Waals surface area contributed by atoms with Gasteiger partial charge >= 0.3 is 0 Å². The lowest BCUT2D eigenvalue weighted by molar-refractivity contribution is 0.305. The van der Waals surface area contributed by atoms with E-state index in [4.69, 9.17) is 9.47 Å². The molecule has 1 aliphatic rings. The first-order valence-corrected chi connectivity index (χ1v) is 8.05. The first-order chi connectivity index (χ1) is 10.6. The Balaban J connectivity index is 1.59. The van der Waals surface area contributed by atoms with E-state index in [0.717, 1.165) is 12.2 Å². The second-order valence-electron chi connectivity index (χ2n) is 6.35. The lowest BCUT2D eigenvalue weighted by Crippen LogP contribution is -2.10. The Kier molecular flexibility index (Phi) is 4.49. The van der Waals surface area contributed by atoms with Gasteiger partial charge in [-0.05, 0) is 55.0 Å². The van der Waals surface area contributed by atoms with E-state index in [0.29, 0.717) is 24.7 Å². The summed E-state index contributed by atoms with van der Waals surface area (Å²) in [5.41, 5.74) is 3.88. The summed E-state index contributed by atoms with van der Waals surface area (Å²) in [6, 6.07) is 16.7. The van der Waals surface area contributed by atoms with Crippen molar-refractivity contribution in [1.82, 2.24) is 0 Å². The van der Waals surface area contributed by atoms with Crippen LogP contribution < -0.4 is 4.74 Å². The zero-order chi connectivity index (χ0) is 15.5. The molecule has 0 bridgehead atoms. The number of hydrogen-bond acceptors (Lipinski definition) is 2. The second-order valence-corrected chi connectivity index (χ2v) is 6.35. The standard InChI is InChI=1S/C20H24O2/c1-14-12-19(21-13-17-7-5-4-6-8-17)10-9-18(14)11-15(2)20-16(3)22-20/h4-10,12,15-16,20H,11,13H2,1-3H3. The van der Waals surface area contributed by atoms with Gasteiger partial charge in [0.25, 0.3) is 0 Å². The van der Waals surface area contributed by atoms with Gasteiger partial charge in [0.1, 0.15) is 12.4 Å². The van der Waals surface area contributed by atoms with Crippen molar-refractivity contribution >= 4 is 0 Å². The summed E-state index contributed by atoms with van der Waals surface area (Å²) in [4.78, 5) is 0. The van der Waals surface area contributed by atoms with Crippen LogP contribution in [-0.2, 0) is 17.8 Å². The zero-order valence-electron chi connectivity index (χ0n) is 13.6. The minimum absolute atomic E-state index is 0.434. The Hall–Kier alpha value is -1.80. The third-order valence-corrected chi connectivity index (χ3v) is 4.42. The monoisotopic (exact) mass is 296 g/mol. The minimum atomic E-state index is 0.434. The molecule has 0 N–H and O–H groups in total. The fourth-order valence-corrected chi connectivity index (χ4v) is 2.99. The number of ether oxygens (including phenoxy) is 2. The van der Waals surface area contributed by atoms with Gasteiger partial charge in [-0.15, -0.1) is 0 Å². The van der Waals surface area contributed by atoms with Crippen LogP contribution in [0.2, 0.25) is 0 Å². The highest BCUT2D eigenvalue weighted by Crippen LogP contribution is 2.32. The smallest absolute Gasteiger partial charge is 0.120 e. The van der Waals surface area contributed by atoms with Crippen molar-refractivity contribution in [2.24, 2.45) is 5.92 Å². The van der Waals surface area contributed by atoms with Crippen LogP contribution in [0.25, 0.3) is 0 Å². The zero-order valence-corrected chi connectivity index (χ0v) is 13.6. The van der Waals surface area contributed by atoms with Gasteiger partial charge < -0.3 is 9.47 Å². The van der Waals surface area contributed by atoms with Gasteiger partial charge in [0.2, 0.25) is 0 Å². The van der Waals surface area contributed by atoms with Crippen LogP contribution in [0.1, 0.15) is 30.5 Å². The third-order valence-electron chi connectivity index (χ3n) is 4.42. The van der Waals surface area contributed by atoms with Gasteiger partial charge in [-0.1, -0.05) is 43.3 Å². The number of benzene rings is 2. The summed E-state index contributed by atoms with van der Waals surface area (Å²) in [6.45, 7) is 7.19. The lowest BCUT2D eigenvalue weighted by atomic mass is 9.94. The molecule has 3 atom stereocenters. The molecule has 0 spiro atoms. The van der Waals surface area contributed by atoms with Gasteiger partial charge in [-0.2, -0.15) is 0 Å². The maximum absolute atomic E-state index is 5.89. The van der Waals surface area contributed by atoms with E-state index in [-0.39, 0.29) is 0 Å². The van der Waals surface area contributed by atoms with Crippen molar-refractivity contribution in [2.75, 3.05) is 0 Å². The molecule has 1 saturated heterocycles. The fourth-order valence-electron chi connectivity index (χ4n) is 2.99. The van der Waals surface area contributed by atoms with Crippen molar-refractivity contribution in [3.05, 3.63) is 65.2 Å². The van der Waals surface area contributed by atoms with Crippen LogP contribution in [-0.4, -0.2) is 12.2 Å². The molecular weight excluding hydrogens is 272 g/mol. The van der Waals surface area contributed by atoms with E-state index < -0.39 is 0 Å². The van der Waals surface area contributed by atoms with Gasteiger partial charge in [0, 0.05) is 0 Å². The molecule has 0 aliphatic carbocycles. The van der Waals surface area contributed by atoms with Crippen LogP contribution in [0.15, 0.2) is 48.5 Å². The molecular formula is C20H24O2. The predicted octanol–water partition coefficient (Wildman–Crippen LogP) is 4.54. The van der Waals surface area contributed by atoms with E-state index in [1.807, 2.05) is 18.2 Å². The lowest BCUT2D eigenvalue weighted by Gasteiger charge is -2.13. The van der Waals surface area contributed by atoms with E-state index in [1.54, 1.807) is 0 Å². The highest BCUT2D eigenvalue weighted by Gasteiger charge is 2.38. The summed E-state index contributed by atoms with van der Waals surface area (Å²) in [5, 5.41) is 0. The van der Waals surface area contributed by atoms with Crippen LogP contribution >= 0.6 is 0 Å². The van der Waals surface area contributed by atoms with E-state index in [9.17, 15) is 0 Å². The van der Waals surface area contributed by atoms with Crippen molar-refractivity contribution in [3.8, 4) is 5.75 Å². The summed E-state index contributed by atoms with van der Waals surface area (Å²) >= 11 is 0. The molecule has 1 aliphatic heterocycles. The summed E-state index contributed by atoms with van der Waals surface area (Å²) in [7, 11) is 0. The Morgan fingerprint density at radius 2 is 1.86 bits per heavy atom. The van der Waals surface area contributed by atoms with Crippen LogP contribution in [0, 0.1) is 12.8 Å². The number of epoxide rings is 1. The molecule has 3 unspecified atom stereocenters. The molecule has 2 heteroatoms. The minimum Gasteiger partial charge on any atom is -0.489 e. The van der Waals surface area contributed by atoms with Gasteiger partial charge in [-0.3, -0.25) is 0 Å². The third kappa shape index (κ3) is 3.69. The van der Waals surface area contributed by atoms with Crippen molar-refractivity contribution in [2.45, 2.75) is 46.0 Å². The summed E-state index contributed by atoms with van der Waals surface area (Å²) in [6.07, 6.45) is 1.94. The largest absolute Gasteiger partial charge is 0.489 e. The van der Waals surface area contributed by atoms with Crippen LogP contribution in [0.5, 0.6) is 5.75 Å². The Morgan fingerprint density at radius 1 is 1.14 bits per heavy atom. The molecule has 2 aromatic rings. The van der Waals surface area contributed by atoms with Crippen molar-refractivity contribution < 1.29 is 9.47 Å². The van der Waals surface area contributed by atoms with Gasteiger partial charge in [-0.25, -0.2) is 0 Å². The van der Waals surface area contributed by atoms with Crippen LogP contribution in [0.3, 0.4) is 0 Å².